The first-order chi connectivity index (χ1) is 16.3. The molecule has 3 aromatic rings. The number of nitrogens with one attached hydrogen (secondary N) is 1. The zero-order valence-electron chi connectivity index (χ0n) is 20.0. The fourth-order valence-corrected chi connectivity index (χ4v) is 3.74. The molecule has 1 aromatic heterocycles. The third-order valence-electron chi connectivity index (χ3n) is 5.40. The summed E-state index contributed by atoms with van der Waals surface area (Å²) >= 11 is 6.33. The van der Waals surface area contributed by atoms with Gasteiger partial charge in [-0.1, -0.05) is 54.4 Å². The molecular formula is C25H28ClFN4O4. The maximum Gasteiger partial charge on any atom is 0.335 e. The SMILES string of the molecule is Cc1ccc(Cn2c(=O)n(C[C@H](C)C(=O)O)c(=O)[nH]/c2=N\c2ccc(CC(C)(C)F)c(Cl)c2)cc1. The largest absolute Gasteiger partial charge is 0.481 e. The number of hydrogen-bond acceptors (Lipinski definition) is 4. The van der Waals surface area contributed by atoms with Crippen LogP contribution in [0, 0.1) is 12.8 Å². The van der Waals surface area contributed by atoms with Crippen LogP contribution >= 0.6 is 11.6 Å². The van der Waals surface area contributed by atoms with Crippen molar-refractivity contribution >= 4 is 23.3 Å². The van der Waals surface area contributed by atoms with Crippen molar-refractivity contribution in [2.75, 3.05) is 0 Å². The van der Waals surface area contributed by atoms with E-state index in [1.54, 1.807) is 12.1 Å². The van der Waals surface area contributed by atoms with Crippen molar-refractivity contribution in [3.63, 3.8) is 0 Å². The number of rotatable bonds is 8. The molecule has 3 rings (SSSR count). The molecule has 0 bridgehead atoms. The van der Waals surface area contributed by atoms with Crippen LogP contribution in [0.15, 0.2) is 57.0 Å². The number of H-pyrrole nitrogens is 1. The average molecular weight is 503 g/mol. The zero-order chi connectivity index (χ0) is 25.9. The Morgan fingerprint density at radius 3 is 2.40 bits per heavy atom. The number of aromatic amines is 1. The van der Waals surface area contributed by atoms with E-state index in [-0.39, 0.29) is 25.1 Å². The van der Waals surface area contributed by atoms with Crippen molar-refractivity contribution in [3.8, 4) is 0 Å². The van der Waals surface area contributed by atoms with Crippen LogP contribution in [-0.4, -0.2) is 30.9 Å². The van der Waals surface area contributed by atoms with E-state index in [1.807, 2.05) is 31.2 Å². The summed E-state index contributed by atoms with van der Waals surface area (Å²) in [5.74, 6) is -2.07. The highest BCUT2D eigenvalue weighted by Gasteiger charge is 2.19. The molecule has 2 N–H and O–H groups in total. The quantitative estimate of drug-likeness (QED) is 0.490. The second-order valence-electron chi connectivity index (χ2n) is 9.24. The molecule has 0 fully saturated rings. The fraction of sp³-hybridized carbons (Fsp3) is 0.360. The van der Waals surface area contributed by atoms with E-state index < -0.39 is 28.9 Å². The van der Waals surface area contributed by atoms with E-state index in [0.29, 0.717) is 16.3 Å². The Kier molecular flexibility index (Phi) is 7.80. The predicted molar refractivity (Wildman–Crippen MR) is 132 cm³/mol. The van der Waals surface area contributed by atoms with E-state index in [1.165, 1.54) is 31.4 Å². The number of alkyl halides is 1. The van der Waals surface area contributed by atoms with Crippen molar-refractivity contribution in [2.45, 2.75) is 52.9 Å². The molecule has 0 saturated carbocycles. The summed E-state index contributed by atoms with van der Waals surface area (Å²) < 4.78 is 16.2. The van der Waals surface area contributed by atoms with Gasteiger partial charge in [-0.3, -0.25) is 14.3 Å². The van der Waals surface area contributed by atoms with Gasteiger partial charge in [-0.15, -0.1) is 0 Å². The maximum absolute atomic E-state index is 14.1. The summed E-state index contributed by atoms with van der Waals surface area (Å²) in [6, 6.07) is 12.3. The van der Waals surface area contributed by atoms with Gasteiger partial charge in [-0.2, -0.15) is 0 Å². The molecule has 0 aliphatic heterocycles. The molecule has 0 unspecified atom stereocenters. The number of aromatic nitrogens is 3. The van der Waals surface area contributed by atoms with E-state index in [4.69, 9.17) is 11.6 Å². The van der Waals surface area contributed by atoms with Crippen molar-refractivity contribution in [1.82, 2.24) is 14.1 Å². The lowest BCUT2D eigenvalue weighted by Gasteiger charge is -2.15. The van der Waals surface area contributed by atoms with Crippen molar-refractivity contribution in [1.29, 1.82) is 0 Å². The Bertz CT molecular complexity index is 1420. The standard InChI is InChI=1S/C25H28ClFN4O4/c1-15-5-7-17(8-6-15)14-30-22(29-23(34)31(24(30)35)13-16(2)21(32)33)28-19-10-9-18(20(26)11-19)12-25(3,4)27/h5-11,16H,12-14H2,1-4H3,(H,32,33)(H,28,29,34)/t16-/m0/s1. The van der Waals surface area contributed by atoms with Gasteiger partial charge in [0.25, 0.3) is 0 Å². The highest BCUT2D eigenvalue weighted by atomic mass is 35.5. The molecule has 2 aromatic carbocycles. The number of nitrogens with zero attached hydrogens (tertiary/aromatic N) is 3. The van der Waals surface area contributed by atoms with E-state index in [9.17, 15) is 23.9 Å². The summed E-state index contributed by atoms with van der Waals surface area (Å²) in [6.07, 6.45) is 0.119. The second-order valence-corrected chi connectivity index (χ2v) is 9.65. The number of aryl methyl sites for hydroxylation is 1. The van der Waals surface area contributed by atoms with E-state index >= 15 is 0 Å². The first-order valence-corrected chi connectivity index (χ1v) is 11.5. The molecule has 8 nitrogen and oxygen atoms in total. The number of carboxylic acids is 1. The summed E-state index contributed by atoms with van der Waals surface area (Å²) in [4.78, 5) is 44.3. The Morgan fingerprint density at radius 1 is 1.17 bits per heavy atom. The normalized spacial score (nSPS) is 13.1. The molecule has 0 saturated heterocycles. The fourth-order valence-electron chi connectivity index (χ4n) is 3.50. The van der Waals surface area contributed by atoms with Gasteiger partial charge in [-0.05, 0) is 44.0 Å². The van der Waals surface area contributed by atoms with Crippen LogP contribution in [0.2, 0.25) is 5.02 Å². The summed E-state index contributed by atoms with van der Waals surface area (Å²) in [6.45, 7) is 6.07. The van der Waals surface area contributed by atoms with Crippen LogP contribution in [0.5, 0.6) is 0 Å². The van der Waals surface area contributed by atoms with E-state index in [0.717, 1.165) is 15.7 Å². The number of benzene rings is 2. The Hall–Kier alpha value is -3.46. The van der Waals surface area contributed by atoms with Crippen LogP contribution in [0.25, 0.3) is 0 Å². The van der Waals surface area contributed by atoms with Crippen LogP contribution in [0.3, 0.4) is 0 Å². The van der Waals surface area contributed by atoms with Gasteiger partial charge < -0.3 is 5.11 Å². The average Bonchev–Trinajstić information content (AvgIpc) is 2.76. The molecule has 10 heteroatoms. The minimum atomic E-state index is -1.44. The van der Waals surface area contributed by atoms with E-state index in [2.05, 4.69) is 9.98 Å². The predicted octanol–water partition coefficient (Wildman–Crippen LogP) is 3.59. The lowest BCUT2D eigenvalue weighted by atomic mass is 10.00. The molecule has 0 aliphatic carbocycles. The van der Waals surface area contributed by atoms with Gasteiger partial charge >= 0.3 is 17.3 Å². The Labute approximate surface area is 206 Å². The van der Waals surface area contributed by atoms with Gasteiger partial charge in [0.2, 0.25) is 5.62 Å². The second kappa shape index (κ2) is 10.4. The van der Waals surface area contributed by atoms with Gasteiger partial charge in [-0.25, -0.2) is 23.5 Å². The van der Waals surface area contributed by atoms with Crippen molar-refractivity contribution < 1.29 is 14.3 Å². The smallest absolute Gasteiger partial charge is 0.335 e. The van der Waals surface area contributed by atoms with Gasteiger partial charge in [0, 0.05) is 18.0 Å². The third-order valence-corrected chi connectivity index (χ3v) is 5.75. The highest BCUT2D eigenvalue weighted by molar-refractivity contribution is 6.31. The van der Waals surface area contributed by atoms with Crippen molar-refractivity contribution in [3.05, 3.63) is 90.8 Å². The molecule has 0 radical (unpaired) electrons. The topological polar surface area (TPSA) is 109 Å². The molecule has 1 atom stereocenters. The summed E-state index contributed by atoms with van der Waals surface area (Å²) in [5, 5.41) is 9.55. The maximum atomic E-state index is 14.1. The molecule has 1 heterocycles. The number of hydrogen-bond donors (Lipinski definition) is 2. The number of aliphatic carboxylic acids is 1. The molecule has 0 amide bonds. The first-order valence-electron chi connectivity index (χ1n) is 11.1. The number of carboxylic acid groups (broad SMARTS) is 1. The Balaban J connectivity index is 2.15. The monoisotopic (exact) mass is 502 g/mol. The molecular weight excluding hydrogens is 475 g/mol. The minimum absolute atomic E-state index is 0.0190. The van der Waals surface area contributed by atoms with Gasteiger partial charge in [0.05, 0.1) is 18.2 Å². The highest BCUT2D eigenvalue weighted by Crippen LogP contribution is 2.27. The van der Waals surface area contributed by atoms with Gasteiger partial charge in [0.1, 0.15) is 5.67 Å². The lowest BCUT2D eigenvalue weighted by Crippen LogP contribution is -2.51. The van der Waals surface area contributed by atoms with Crippen LogP contribution < -0.4 is 17.0 Å². The third kappa shape index (κ3) is 6.79. The Morgan fingerprint density at radius 2 is 1.83 bits per heavy atom. The summed E-state index contributed by atoms with van der Waals surface area (Å²) in [5.41, 5.74) is -0.123. The van der Waals surface area contributed by atoms with Crippen molar-refractivity contribution in [2.24, 2.45) is 10.9 Å². The van der Waals surface area contributed by atoms with Crippen LogP contribution in [0.4, 0.5) is 10.1 Å². The molecule has 0 spiro atoms. The summed E-state index contributed by atoms with van der Waals surface area (Å²) in [7, 11) is 0. The van der Waals surface area contributed by atoms with Crippen LogP contribution in [0.1, 0.15) is 37.5 Å². The lowest BCUT2D eigenvalue weighted by molar-refractivity contribution is -0.141. The molecule has 0 aliphatic rings. The van der Waals surface area contributed by atoms with Crippen LogP contribution in [-0.2, 0) is 24.3 Å². The zero-order valence-corrected chi connectivity index (χ0v) is 20.8. The first kappa shape index (κ1) is 26.2. The number of halogens is 2. The molecule has 35 heavy (non-hydrogen) atoms. The molecule has 186 valence electrons. The number of carbonyl (C=O) groups is 1. The van der Waals surface area contributed by atoms with Gasteiger partial charge in [0.15, 0.2) is 0 Å². The minimum Gasteiger partial charge on any atom is -0.481 e.